The molecule has 128 valence electrons. The van der Waals surface area contributed by atoms with E-state index in [2.05, 4.69) is 25.6 Å². The molecule has 1 atom stereocenters. The predicted octanol–water partition coefficient (Wildman–Crippen LogP) is 1.45. The summed E-state index contributed by atoms with van der Waals surface area (Å²) in [6.45, 7) is 1.89. The Kier molecular flexibility index (Phi) is 4.02. The monoisotopic (exact) mass is 337 g/mol. The molecule has 8 nitrogen and oxygen atoms in total. The third-order valence-electron chi connectivity index (χ3n) is 4.23. The van der Waals surface area contributed by atoms with Crippen molar-refractivity contribution in [2.45, 2.75) is 12.5 Å². The molecule has 0 amide bonds. The number of ether oxygens (including phenoxy) is 1. The number of pyridine rings is 2. The largest absolute Gasteiger partial charge is 0.494 e. The van der Waals surface area contributed by atoms with E-state index in [4.69, 9.17) is 15.5 Å². The van der Waals surface area contributed by atoms with Gasteiger partial charge in [0.15, 0.2) is 5.82 Å². The maximum atomic E-state index is 5.80. The summed E-state index contributed by atoms with van der Waals surface area (Å²) >= 11 is 0. The Morgan fingerprint density at radius 2 is 2.24 bits per heavy atom. The minimum atomic E-state index is 0.311. The molecule has 0 unspecified atom stereocenters. The number of rotatable bonds is 4. The summed E-state index contributed by atoms with van der Waals surface area (Å²) in [6, 6.07) is 3.91. The summed E-state index contributed by atoms with van der Waals surface area (Å²) in [4.78, 5) is 17.6. The van der Waals surface area contributed by atoms with Crippen LogP contribution in [-0.4, -0.2) is 46.2 Å². The van der Waals surface area contributed by atoms with Crippen molar-refractivity contribution in [2.24, 2.45) is 0 Å². The Morgan fingerprint density at radius 1 is 1.32 bits per heavy atom. The first kappa shape index (κ1) is 15.5. The molecule has 1 aliphatic rings. The summed E-state index contributed by atoms with van der Waals surface area (Å²) in [7, 11) is 1.62. The first-order valence-electron chi connectivity index (χ1n) is 8.13. The highest BCUT2D eigenvalue weighted by Crippen LogP contribution is 2.32. The van der Waals surface area contributed by atoms with Gasteiger partial charge in [-0.05, 0) is 25.1 Å². The van der Waals surface area contributed by atoms with Gasteiger partial charge in [0, 0.05) is 24.3 Å². The zero-order valence-corrected chi connectivity index (χ0v) is 13.9. The average Bonchev–Trinajstić information content (AvgIpc) is 3.14. The van der Waals surface area contributed by atoms with Crippen LogP contribution in [0.25, 0.3) is 22.3 Å². The zero-order chi connectivity index (χ0) is 17.2. The lowest BCUT2D eigenvalue weighted by molar-refractivity contribution is 0.418. The van der Waals surface area contributed by atoms with Crippen LogP contribution in [0.1, 0.15) is 6.42 Å². The fourth-order valence-electron chi connectivity index (χ4n) is 3.00. The normalized spacial score (nSPS) is 16.9. The molecule has 8 heteroatoms. The second-order valence-corrected chi connectivity index (χ2v) is 5.94. The maximum Gasteiger partial charge on any atom is 0.162 e. The summed E-state index contributed by atoms with van der Waals surface area (Å²) < 4.78 is 5.47. The van der Waals surface area contributed by atoms with Gasteiger partial charge in [0.25, 0.3) is 0 Å². The first-order chi connectivity index (χ1) is 12.2. The van der Waals surface area contributed by atoms with Gasteiger partial charge in [-0.15, -0.1) is 0 Å². The maximum absolute atomic E-state index is 5.80. The third kappa shape index (κ3) is 3.03. The zero-order valence-electron chi connectivity index (χ0n) is 13.9. The van der Waals surface area contributed by atoms with Gasteiger partial charge in [-0.1, -0.05) is 0 Å². The number of hydrogen-bond donors (Lipinski definition) is 3. The number of hydrogen-bond acceptors (Lipinski definition) is 8. The molecule has 0 radical (unpaired) electrons. The third-order valence-corrected chi connectivity index (χ3v) is 4.23. The smallest absolute Gasteiger partial charge is 0.162 e. The molecule has 1 aliphatic heterocycles. The molecule has 0 aliphatic carbocycles. The van der Waals surface area contributed by atoms with E-state index in [0.29, 0.717) is 29.0 Å². The molecule has 25 heavy (non-hydrogen) atoms. The van der Waals surface area contributed by atoms with Gasteiger partial charge < -0.3 is 21.1 Å². The van der Waals surface area contributed by atoms with Gasteiger partial charge >= 0.3 is 0 Å². The number of nitrogens with two attached hydrogens (primary N) is 1. The molecule has 1 fully saturated rings. The Balaban J connectivity index is 1.88. The van der Waals surface area contributed by atoms with E-state index < -0.39 is 0 Å². The van der Waals surface area contributed by atoms with Crippen LogP contribution in [0.4, 0.5) is 11.6 Å². The number of aromatic nitrogens is 4. The second-order valence-electron chi connectivity index (χ2n) is 5.94. The molecule has 1 saturated heterocycles. The van der Waals surface area contributed by atoms with E-state index >= 15 is 0 Å². The Hall–Kier alpha value is -3.00. The van der Waals surface area contributed by atoms with Crippen LogP contribution in [0.3, 0.4) is 0 Å². The predicted molar refractivity (Wildman–Crippen MR) is 96.4 cm³/mol. The van der Waals surface area contributed by atoms with E-state index in [-0.39, 0.29) is 0 Å². The van der Waals surface area contributed by atoms with Crippen LogP contribution in [0.15, 0.2) is 30.7 Å². The van der Waals surface area contributed by atoms with Gasteiger partial charge in [0.2, 0.25) is 0 Å². The standard InChI is InChI=1S/C17H19N7O/c1-25-13-9-20-8-12-15(13)17(22-11-3-4-19-7-11)24-16(23-12)10-2-5-21-14(18)6-10/h2,5-6,8-9,11,19H,3-4,7H2,1H3,(H2,18,21)(H,22,23,24)/t11-/m1/s1. The molecule has 3 aromatic heterocycles. The molecular weight excluding hydrogens is 318 g/mol. The van der Waals surface area contributed by atoms with Gasteiger partial charge in [-0.3, -0.25) is 4.98 Å². The first-order valence-corrected chi connectivity index (χ1v) is 8.13. The molecule has 4 rings (SSSR count). The van der Waals surface area contributed by atoms with Gasteiger partial charge in [0.1, 0.15) is 17.4 Å². The summed E-state index contributed by atoms with van der Waals surface area (Å²) in [5.41, 5.74) is 7.33. The van der Waals surface area contributed by atoms with Crippen molar-refractivity contribution < 1.29 is 4.74 Å². The number of anilines is 2. The minimum Gasteiger partial charge on any atom is -0.494 e. The average molecular weight is 337 g/mol. The van der Waals surface area contributed by atoms with Crippen LogP contribution in [-0.2, 0) is 0 Å². The van der Waals surface area contributed by atoms with Crippen molar-refractivity contribution in [3.05, 3.63) is 30.7 Å². The van der Waals surface area contributed by atoms with Crippen molar-refractivity contribution in [1.82, 2.24) is 25.3 Å². The number of fused-ring (bicyclic) bond motifs is 1. The molecule has 4 heterocycles. The molecule has 4 N–H and O–H groups in total. The van der Waals surface area contributed by atoms with Crippen LogP contribution < -0.4 is 21.1 Å². The highest BCUT2D eigenvalue weighted by Gasteiger charge is 2.19. The topological polar surface area (TPSA) is 111 Å². The van der Waals surface area contributed by atoms with Crippen molar-refractivity contribution in [2.75, 3.05) is 31.2 Å². The molecule has 0 spiro atoms. The highest BCUT2D eigenvalue weighted by molar-refractivity contribution is 5.95. The fourth-order valence-corrected chi connectivity index (χ4v) is 3.00. The molecule has 0 bridgehead atoms. The summed E-state index contributed by atoms with van der Waals surface area (Å²) in [5.74, 6) is 2.39. The van der Waals surface area contributed by atoms with Gasteiger partial charge in [-0.2, -0.15) is 0 Å². The van der Waals surface area contributed by atoms with E-state index in [1.165, 1.54) is 0 Å². The summed E-state index contributed by atoms with van der Waals surface area (Å²) in [5, 5.41) is 7.69. The number of nitrogens with one attached hydrogen (secondary N) is 2. The van der Waals surface area contributed by atoms with Crippen molar-refractivity contribution in [1.29, 1.82) is 0 Å². The number of methoxy groups -OCH3 is 1. The number of nitrogen functional groups attached to an aromatic ring is 1. The lowest BCUT2D eigenvalue weighted by Crippen LogP contribution is -2.23. The molecule has 0 saturated carbocycles. The van der Waals surface area contributed by atoms with Crippen LogP contribution >= 0.6 is 0 Å². The van der Waals surface area contributed by atoms with E-state index in [1.54, 1.807) is 31.8 Å². The summed E-state index contributed by atoms with van der Waals surface area (Å²) in [6.07, 6.45) is 6.08. The lowest BCUT2D eigenvalue weighted by atomic mass is 10.2. The SMILES string of the molecule is COc1cncc2nc(-c3ccnc(N)c3)nc(N[C@@H]3CCNC3)c12. The van der Waals surface area contributed by atoms with Crippen LogP contribution in [0.2, 0.25) is 0 Å². The van der Waals surface area contributed by atoms with Gasteiger partial charge in [-0.25, -0.2) is 15.0 Å². The minimum absolute atomic E-state index is 0.311. The molecular formula is C17H19N7O. The van der Waals surface area contributed by atoms with Crippen molar-refractivity contribution in [3.63, 3.8) is 0 Å². The van der Waals surface area contributed by atoms with E-state index in [0.717, 1.165) is 36.3 Å². The molecule has 0 aromatic carbocycles. The Labute approximate surface area is 144 Å². The second kappa shape index (κ2) is 6.48. The fraction of sp³-hybridized carbons (Fsp3) is 0.294. The van der Waals surface area contributed by atoms with Crippen LogP contribution in [0, 0.1) is 0 Å². The Morgan fingerprint density at radius 3 is 3.00 bits per heavy atom. The van der Waals surface area contributed by atoms with Crippen molar-refractivity contribution >= 4 is 22.5 Å². The molecule has 3 aromatic rings. The number of nitrogens with zero attached hydrogens (tertiary/aromatic N) is 4. The van der Waals surface area contributed by atoms with E-state index in [1.807, 2.05) is 6.07 Å². The van der Waals surface area contributed by atoms with Gasteiger partial charge in [0.05, 0.1) is 30.4 Å². The lowest BCUT2D eigenvalue weighted by Gasteiger charge is -2.16. The van der Waals surface area contributed by atoms with E-state index in [9.17, 15) is 0 Å². The quantitative estimate of drug-likeness (QED) is 0.656. The highest BCUT2D eigenvalue weighted by atomic mass is 16.5. The van der Waals surface area contributed by atoms with Crippen LogP contribution in [0.5, 0.6) is 5.75 Å². The van der Waals surface area contributed by atoms with Crippen molar-refractivity contribution in [3.8, 4) is 17.1 Å². The Bertz CT molecular complexity index is 909.